The third kappa shape index (κ3) is 4.96. The van der Waals surface area contributed by atoms with Gasteiger partial charge in [0.05, 0.1) is 0 Å². The Hall–Kier alpha value is 0.631. The van der Waals surface area contributed by atoms with E-state index in [2.05, 4.69) is 10.1 Å². The van der Waals surface area contributed by atoms with Gasteiger partial charge in [-0.05, 0) is 0 Å². The van der Waals surface area contributed by atoms with Gasteiger partial charge >= 0.3 is 58.4 Å². The molecular weight excluding hydrogens is 185 g/mol. The first-order chi connectivity index (χ1) is 4.58. The molecule has 8 heteroatoms. The Balaban J connectivity index is 0.000001000. The summed E-state index contributed by atoms with van der Waals surface area (Å²) in [6.07, 6.45) is 1.09. The normalized spacial score (nSPS) is 10.8. The summed E-state index contributed by atoms with van der Waals surface area (Å²) < 4.78 is 35.5. The number of aromatic nitrogens is 3. The van der Waals surface area contributed by atoms with Crippen molar-refractivity contribution in [3.05, 3.63) is 12.7 Å². The summed E-state index contributed by atoms with van der Waals surface area (Å²) in [5, 5.41) is 3.30. The van der Waals surface area contributed by atoms with Crippen molar-refractivity contribution in [1.82, 2.24) is 14.8 Å². The van der Waals surface area contributed by atoms with Crippen LogP contribution in [-0.4, -0.2) is 21.7 Å². The molecule has 0 aliphatic rings. The van der Waals surface area contributed by atoms with Crippen LogP contribution in [0.15, 0.2) is 12.7 Å². The van der Waals surface area contributed by atoms with E-state index in [1.165, 1.54) is 0 Å². The van der Waals surface area contributed by atoms with Gasteiger partial charge in [-0.25, -0.2) is 4.98 Å². The summed E-state index contributed by atoms with van der Waals surface area (Å²) in [7, 11) is 0. The molecule has 1 aromatic heterocycles. The fourth-order valence-electron chi connectivity index (χ4n) is 0.539. The summed E-state index contributed by atoms with van der Waals surface area (Å²) in [5.41, 5.74) is 0. The maximum atomic E-state index is 11.6. The number of halogens is 3. The van der Waals surface area contributed by atoms with Crippen LogP contribution in [0.3, 0.4) is 0 Å². The van der Waals surface area contributed by atoms with Crippen LogP contribution in [0.5, 0.6) is 0 Å². The van der Waals surface area contributed by atoms with Gasteiger partial charge in [0.2, 0.25) is 0 Å². The van der Waals surface area contributed by atoms with Crippen LogP contribution in [0, 0.1) is 0 Å². The summed E-state index contributed by atoms with van der Waals surface area (Å²) in [5.74, 6) is 0. The molecule has 11 heavy (non-hydrogen) atoms. The Morgan fingerprint density at radius 2 is 2.00 bits per heavy atom. The molecule has 0 unspecified atom stereocenters. The quantitative estimate of drug-likeness (QED) is 0.488. The molecule has 1 heterocycles. The van der Waals surface area contributed by atoms with Gasteiger partial charge < -0.3 is 12.9 Å². The molecule has 56 valence electrons. The number of hydrogen-bond donors (Lipinski definition) is 0. The predicted molar refractivity (Wildman–Crippen MR) is 29.1 cm³/mol. The summed E-state index contributed by atoms with van der Waals surface area (Å²) >= 11 is 0. The third-order valence-electron chi connectivity index (χ3n) is 0.861. The van der Waals surface area contributed by atoms with Crippen LogP contribution in [0.25, 0.3) is 0 Å². The van der Waals surface area contributed by atoms with Gasteiger partial charge in [-0.15, -0.1) is 0 Å². The molecule has 1 aromatic rings. The molecular formula is C3H4BF3KN3. The van der Waals surface area contributed by atoms with E-state index in [9.17, 15) is 12.9 Å². The van der Waals surface area contributed by atoms with Crippen molar-refractivity contribution in [3.8, 4) is 0 Å². The Bertz CT molecular complexity index is 198. The van der Waals surface area contributed by atoms with E-state index < -0.39 is 13.4 Å². The van der Waals surface area contributed by atoms with Crippen LogP contribution in [-0.2, 0) is 6.44 Å². The van der Waals surface area contributed by atoms with E-state index in [4.69, 9.17) is 0 Å². The molecule has 0 aliphatic heterocycles. The van der Waals surface area contributed by atoms with Crippen molar-refractivity contribution in [1.29, 1.82) is 0 Å². The van der Waals surface area contributed by atoms with Gasteiger partial charge in [0.15, 0.2) is 0 Å². The fraction of sp³-hybridized carbons (Fsp3) is 0.333. The van der Waals surface area contributed by atoms with E-state index in [0.29, 0.717) is 0 Å². The van der Waals surface area contributed by atoms with E-state index in [0.717, 1.165) is 17.3 Å². The second-order valence-electron chi connectivity index (χ2n) is 1.83. The van der Waals surface area contributed by atoms with Crippen molar-refractivity contribution in [2.75, 3.05) is 0 Å². The molecule has 0 bridgehead atoms. The Morgan fingerprint density at radius 1 is 1.36 bits per heavy atom. The molecule has 0 radical (unpaired) electrons. The molecule has 0 spiro atoms. The van der Waals surface area contributed by atoms with Crippen molar-refractivity contribution >= 4 is 6.98 Å². The van der Waals surface area contributed by atoms with E-state index >= 15 is 0 Å². The molecule has 0 saturated heterocycles. The van der Waals surface area contributed by atoms with Gasteiger partial charge in [-0.1, -0.05) is 0 Å². The maximum absolute atomic E-state index is 11.6. The molecule has 0 fully saturated rings. The van der Waals surface area contributed by atoms with E-state index in [-0.39, 0.29) is 51.4 Å². The molecule has 0 atom stereocenters. The zero-order chi connectivity index (χ0) is 7.61. The third-order valence-corrected chi connectivity index (χ3v) is 0.861. The average Bonchev–Trinajstić information content (AvgIpc) is 2.12. The summed E-state index contributed by atoms with van der Waals surface area (Å²) in [4.78, 5) is 3.37. The van der Waals surface area contributed by atoms with E-state index in [1.54, 1.807) is 0 Å². The average molecular weight is 189 g/mol. The summed E-state index contributed by atoms with van der Waals surface area (Å²) in [6, 6.07) is 0. The van der Waals surface area contributed by atoms with Crippen LogP contribution in [0.1, 0.15) is 0 Å². The molecule has 0 aliphatic carbocycles. The number of rotatable bonds is 2. The Morgan fingerprint density at radius 3 is 2.36 bits per heavy atom. The van der Waals surface area contributed by atoms with Gasteiger partial charge in [0.25, 0.3) is 0 Å². The summed E-state index contributed by atoms with van der Waals surface area (Å²) in [6.45, 7) is -4.79. The largest absolute Gasteiger partial charge is 1.00 e. The van der Waals surface area contributed by atoms with Crippen LogP contribution in [0.4, 0.5) is 12.9 Å². The first kappa shape index (κ1) is 11.6. The minimum absolute atomic E-state index is 0. The minimum atomic E-state index is -4.79. The predicted octanol–water partition coefficient (Wildman–Crippen LogP) is -2.33. The zero-order valence-corrected chi connectivity index (χ0v) is 9.04. The maximum Gasteiger partial charge on any atom is 1.00 e. The zero-order valence-electron chi connectivity index (χ0n) is 5.91. The van der Waals surface area contributed by atoms with Crippen LogP contribution >= 0.6 is 0 Å². The van der Waals surface area contributed by atoms with Gasteiger partial charge in [0.1, 0.15) is 12.7 Å². The van der Waals surface area contributed by atoms with Gasteiger partial charge in [-0.3, -0.25) is 4.68 Å². The molecule has 0 saturated carbocycles. The standard InChI is InChI=1S/C3H4BF3N3.K/c5-4(6,7)1-10-3-8-2-9-10;/h2-3H,1H2;/q-1;+1. The van der Waals surface area contributed by atoms with Crippen molar-refractivity contribution in [3.63, 3.8) is 0 Å². The number of hydrogen-bond acceptors (Lipinski definition) is 2. The van der Waals surface area contributed by atoms with Gasteiger partial charge in [-0.2, -0.15) is 5.10 Å². The topological polar surface area (TPSA) is 30.7 Å². The minimum Gasteiger partial charge on any atom is -0.448 e. The smallest absolute Gasteiger partial charge is 0.448 e. The molecule has 1 rings (SSSR count). The van der Waals surface area contributed by atoms with Crippen LogP contribution < -0.4 is 51.4 Å². The second-order valence-corrected chi connectivity index (χ2v) is 1.83. The van der Waals surface area contributed by atoms with Crippen LogP contribution in [0.2, 0.25) is 0 Å². The molecule has 3 nitrogen and oxygen atoms in total. The fourth-order valence-corrected chi connectivity index (χ4v) is 0.539. The molecule has 0 N–H and O–H groups in total. The Kier molecular flexibility index (Phi) is 4.87. The Labute approximate surface area is 104 Å². The number of nitrogens with zero attached hydrogens (tertiary/aromatic N) is 3. The first-order valence-electron chi connectivity index (χ1n) is 2.61. The molecule has 0 amide bonds. The second kappa shape index (κ2) is 4.61. The first-order valence-corrected chi connectivity index (χ1v) is 2.61. The monoisotopic (exact) mass is 189 g/mol. The van der Waals surface area contributed by atoms with Crippen molar-refractivity contribution in [2.24, 2.45) is 0 Å². The van der Waals surface area contributed by atoms with Gasteiger partial charge in [0, 0.05) is 6.44 Å². The molecule has 0 aromatic carbocycles. The van der Waals surface area contributed by atoms with E-state index in [1.807, 2.05) is 0 Å². The van der Waals surface area contributed by atoms with Crippen molar-refractivity contribution in [2.45, 2.75) is 6.44 Å². The van der Waals surface area contributed by atoms with Crippen molar-refractivity contribution < 1.29 is 64.3 Å². The SMILES string of the molecule is F[B-](F)(F)Cn1cncn1.[K+].